The van der Waals surface area contributed by atoms with Gasteiger partial charge >= 0.3 is 6.16 Å². The highest BCUT2D eigenvalue weighted by molar-refractivity contribution is 5.93. The van der Waals surface area contributed by atoms with Crippen molar-refractivity contribution in [3.8, 4) is 0 Å². The maximum atomic E-state index is 8.56. The number of fused-ring (bicyclic) bond motifs is 1. The lowest BCUT2D eigenvalue weighted by molar-refractivity contribution is 0.137. The summed E-state index contributed by atoms with van der Waals surface area (Å²) < 4.78 is 5.50. The molecule has 1 aromatic heterocycles. The molecule has 1 heterocycles. The largest absolute Gasteiger partial charge is 0.503 e. The van der Waals surface area contributed by atoms with Crippen LogP contribution in [0, 0.1) is 5.41 Å². The molecule has 0 saturated heterocycles. The van der Waals surface area contributed by atoms with Crippen LogP contribution in [0.2, 0.25) is 0 Å². The standard InChI is InChI=1S/C10H11N3O.CH2O3/c1-13(10(11)12)9-6-7-4-2-3-5-8(7)14-9;2-1(3)4/h2-6H,1H3,(H3,11,12);(H2,2,3,4). The highest BCUT2D eigenvalue weighted by Gasteiger charge is 2.09. The third kappa shape index (κ3) is 3.41. The van der Waals surface area contributed by atoms with Gasteiger partial charge < -0.3 is 20.4 Å². The van der Waals surface area contributed by atoms with Crippen molar-refractivity contribution in [1.82, 2.24) is 0 Å². The van der Waals surface area contributed by atoms with Crippen LogP contribution in [-0.4, -0.2) is 29.4 Å². The summed E-state index contributed by atoms with van der Waals surface area (Å²) in [5, 5.41) is 22.2. The predicted molar refractivity (Wildman–Crippen MR) is 67.2 cm³/mol. The number of guanidine groups is 1. The first kappa shape index (κ1) is 13.4. The van der Waals surface area contributed by atoms with Crippen LogP contribution >= 0.6 is 0 Å². The number of carboxylic acid groups (broad SMARTS) is 2. The molecule has 96 valence electrons. The molecule has 2 rings (SSSR count). The predicted octanol–water partition coefficient (Wildman–Crippen LogP) is 1.98. The molecule has 5 N–H and O–H groups in total. The van der Waals surface area contributed by atoms with Gasteiger partial charge in [0.05, 0.1) is 0 Å². The first-order valence-electron chi connectivity index (χ1n) is 4.90. The van der Waals surface area contributed by atoms with Gasteiger partial charge in [0.15, 0.2) is 5.96 Å². The minimum Gasteiger partial charge on any atom is -0.450 e. The number of carbonyl (C=O) groups is 1. The fourth-order valence-electron chi connectivity index (χ4n) is 1.25. The van der Waals surface area contributed by atoms with E-state index in [1.807, 2.05) is 30.3 Å². The number of para-hydroxylation sites is 1. The van der Waals surface area contributed by atoms with Gasteiger partial charge in [-0.2, -0.15) is 0 Å². The molecule has 2 aromatic rings. The quantitative estimate of drug-likeness (QED) is 0.454. The first-order chi connectivity index (χ1) is 8.41. The third-order valence-electron chi connectivity index (χ3n) is 2.10. The molecule has 0 radical (unpaired) electrons. The summed E-state index contributed by atoms with van der Waals surface area (Å²) >= 11 is 0. The van der Waals surface area contributed by atoms with E-state index in [1.54, 1.807) is 7.05 Å². The number of rotatable bonds is 1. The second-order valence-electron chi connectivity index (χ2n) is 3.35. The summed E-state index contributed by atoms with van der Waals surface area (Å²) in [5.74, 6) is 0.544. The molecule has 0 aliphatic heterocycles. The van der Waals surface area contributed by atoms with Gasteiger partial charge in [0.2, 0.25) is 5.88 Å². The minimum atomic E-state index is -1.83. The van der Waals surface area contributed by atoms with Gasteiger partial charge in [-0.1, -0.05) is 18.2 Å². The van der Waals surface area contributed by atoms with E-state index in [1.165, 1.54) is 4.90 Å². The lowest BCUT2D eigenvalue weighted by atomic mass is 10.3. The van der Waals surface area contributed by atoms with Crippen molar-refractivity contribution in [1.29, 1.82) is 5.41 Å². The highest BCUT2D eigenvalue weighted by atomic mass is 16.6. The Hall–Kier alpha value is -2.70. The van der Waals surface area contributed by atoms with Gasteiger partial charge in [-0.05, 0) is 6.07 Å². The average Bonchev–Trinajstić information content (AvgIpc) is 2.70. The van der Waals surface area contributed by atoms with Crippen LogP contribution in [0.15, 0.2) is 34.7 Å². The summed E-state index contributed by atoms with van der Waals surface area (Å²) in [6.45, 7) is 0. The molecule has 18 heavy (non-hydrogen) atoms. The molecule has 0 saturated carbocycles. The van der Waals surface area contributed by atoms with Gasteiger partial charge in [0, 0.05) is 18.5 Å². The summed E-state index contributed by atoms with van der Waals surface area (Å²) in [6, 6.07) is 9.54. The molecule has 1 aromatic carbocycles. The van der Waals surface area contributed by atoms with Crippen LogP contribution in [0.4, 0.5) is 10.7 Å². The van der Waals surface area contributed by atoms with Gasteiger partial charge in [0.1, 0.15) is 5.58 Å². The number of anilines is 1. The van der Waals surface area contributed by atoms with Gasteiger partial charge in [-0.25, -0.2) is 4.79 Å². The summed E-state index contributed by atoms with van der Waals surface area (Å²) in [6.07, 6.45) is -1.83. The number of nitrogens with zero attached hydrogens (tertiary/aromatic N) is 1. The van der Waals surface area contributed by atoms with Crippen molar-refractivity contribution in [2.45, 2.75) is 0 Å². The van der Waals surface area contributed by atoms with Gasteiger partial charge in [-0.3, -0.25) is 10.3 Å². The zero-order chi connectivity index (χ0) is 13.7. The number of nitrogens with one attached hydrogen (secondary N) is 1. The normalized spacial score (nSPS) is 9.39. The smallest absolute Gasteiger partial charge is 0.450 e. The molecule has 0 spiro atoms. The molecule has 0 fully saturated rings. The summed E-state index contributed by atoms with van der Waals surface area (Å²) in [5.41, 5.74) is 6.14. The van der Waals surface area contributed by atoms with Crippen molar-refractivity contribution >= 4 is 29.0 Å². The second-order valence-corrected chi connectivity index (χ2v) is 3.35. The van der Waals surface area contributed by atoms with E-state index < -0.39 is 6.16 Å². The molecule has 0 aliphatic carbocycles. The van der Waals surface area contributed by atoms with Gasteiger partial charge in [0.25, 0.3) is 0 Å². The Labute approximate surface area is 103 Å². The zero-order valence-corrected chi connectivity index (χ0v) is 9.62. The molecular weight excluding hydrogens is 238 g/mol. The topological polar surface area (TPSA) is 124 Å². The van der Waals surface area contributed by atoms with E-state index in [-0.39, 0.29) is 5.96 Å². The Morgan fingerprint density at radius 2 is 1.94 bits per heavy atom. The van der Waals surface area contributed by atoms with Crippen molar-refractivity contribution in [3.63, 3.8) is 0 Å². The van der Waals surface area contributed by atoms with Crippen LogP contribution in [0.25, 0.3) is 11.0 Å². The van der Waals surface area contributed by atoms with E-state index in [9.17, 15) is 0 Å². The Balaban J connectivity index is 0.000000357. The Kier molecular flexibility index (Phi) is 4.14. The Morgan fingerprint density at radius 3 is 2.44 bits per heavy atom. The number of hydrogen-bond donors (Lipinski definition) is 4. The molecule has 7 nitrogen and oxygen atoms in total. The van der Waals surface area contributed by atoms with Crippen LogP contribution in [0.3, 0.4) is 0 Å². The van der Waals surface area contributed by atoms with Gasteiger partial charge in [-0.15, -0.1) is 0 Å². The maximum Gasteiger partial charge on any atom is 0.503 e. The number of benzene rings is 1. The van der Waals surface area contributed by atoms with Crippen LogP contribution < -0.4 is 10.6 Å². The fourth-order valence-corrected chi connectivity index (χ4v) is 1.25. The number of hydrogen-bond acceptors (Lipinski definition) is 3. The highest BCUT2D eigenvalue weighted by Crippen LogP contribution is 2.24. The second kappa shape index (κ2) is 5.58. The fraction of sp³-hybridized carbons (Fsp3) is 0.0909. The molecular formula is C11H13N3O4. The van der Waals surface area contributed by atoms with E-state index in [0.717, 1.165) is 11.0 Å². The first-order valence-corrected chi connectivity index (χ1v) is 4.90. The van der Waals surface area contributed by atoms with Crippen LogP contribution in [0.5, 0.6) is 0 Å². The number of nitrogens with two attached hydrogens (primary N) is 1. The van der Waals surface area contributed by atoms with Crippen LogP contribution in [-0.2, 0) is 0 Å². The Bertz CT molecular complexity index is 527. The third-order valence-corrected chi connectivity index (χ3v) is 2.10. The average molecular weight is 251 g/mol. The lowest BCUT2D eigenvalue weighted by Gasteiger charge is -2.11. The summed E-state index contributed by atoms with van der Waals surface area (Å²) in [4.78, 5) is 10.0. The van der Waals surface area contributed by atoms with Crippen molar-refractivity contribution < 1.29 is 19.4 Å². The molecule has 0 atom stereocenters. The van der Waals surface area contributed by atoms with E-state index in [4.69, 9.17) is 30.6 Å². The molecule has 0 unspecified atom stereocenters. The molecule has 0 amide bonds. The van der Waals surface area contributed by atoms with Crippen molar-refractivity contribution in [2.75, 3.05) is 11.9 Å². The minimum absolute atomic E-state index is 0.0379. The zero-order valence-electron chi connectivity index (χ0n) is 9.62. The monoisotopic (exact) mass is 251 g/mol. The maximum absolute atomic E-state index is 8.56. The number of furan rings is 1. The van der Waals surface area contributed by atoms with E-state index >= 15 is 0 Å². The lowest BCUT2D eigenvalue weighted by Crippen LogP contribution is -2.32. The molecule has 7 heteroatoms. The molecule has 0 bridgehead atoms. The SMILES string of the molecule is CN(C(=N)N)c1cc2ccccc2o1.O=C(O)O. The van der Waals surface area contributed by atoms with Crippen molar-refractivity contribution in [3.05, 3.63) is 30.3 Å². The van der Waals surface area contributed by atoms with Crippen molar-refractivity contribution in [2.24, 2.45) is 5.73 Å². The van der Waals surface area contributed by atoms with Crippen LogP contribution in [0.1, 0.15) is 0 Å². The summed E-state index contributed by atoms with van der Waals surface area (Å²) in [7, 11) is 1.69. The Morgan fingerprint density at radius 1 is 1.39 bits per heavy atom. The van der Waals surface area contributed by atoms with E-state index in [2.05, 4.69) is 0 Å². The molecule has 0 aliphatic rings. The van der Waals surface area contributed by atoms with E-state index in [0.29, 0.717) is 5.88 Å².